The molecule has 0 spiro atoms. The zero-order valence-corrected chi connectivity index (χ0v) is 46.6. The minimum atomic E-state index is -4.39. The third-order valence-corrected chi connectivity index (χ3v) is 12.9. The maximum absolute atomic E-state index is 12.8. The van der Waals surface area contributed by atoms with Gasteiger partial charge >= 0.3 is 19.8 Å². The third-order valence-electron chi connectivity index (χ3n) is 11.9. The van der Waals surface area contributed by atoms with Crippen LogP contribution in [0.25, 0.3) is 0 Å². The minimum Gasteiger partial charge on any atom is -0.462 e. The summed E-state index contributed by atoms with van der Waals surface area (Å²) in [6.45, 7) is 4.31. The van der Waals surface area contributed by atoms with E-state index in [4.69, 9.17) is 18.5 Å². The Hall–Kier alpha value is -2.81. The van der Waals surface area contributed by atoms with Gasteiger partial charge in [0.15, 0.2) is 6.10 Å². The fourth-order valence-electron chi connectivity index (χ4n) is 7.58. The second-order valence-electron chi connectivity index (χ2n) is 19.9. The molecule has 0 aromatic rings. The molecule has 0 aromatic heterocycles. The van der Waals surface area contributed by atoms with Gasteiger partial charge in [0.05, 0.1) is 27.7 Å². The summed E-state index contributed by atoms with van der Waals surface area (Å²) in [6, 6.07) is 0. The molecule has 9 nitrogen and oxygen atoms in total. The lowest BCUT2D eigenvalue weighted by Gasteiger charge is -2.24. The number of hydrogen-bond donors (Lipinski definition) is 1. The monoisotopic (exact) mass is 1000 g/mol. The number of phosphoric ester groups is 1. The van der Waals surface area contributed by atoms with Crippen LogP contribution in [0.15, 0.2) is 85.1 Å². The average Bonchev–Trinajstić information content (AvgIpc) is 3.32. The number of ether oxygens (including phenoxy) is 2. The molecule has 10 heteroatoms. The second kappa shape index (κ2) is 51.1. The van der Waals surface area contributed by atoms with Crippen LogP contribution < -0.4 is 0 Å². The van der Waals surface area contributed by atoms with Gasteiger partial charge in [-0.25, -0.2) is 4.57 Å². The van der Waals surface area contributed by atoms with E-state index in [1.165, 1.54) is 103 Å². The van der Waals surface area contributed by atoms with Gasteiger partial charge in [0.25, 0.3) is 0 Å². The lowest BCUT2D eigenvalue weighted by molar-refractivity contribution is -0.870. The third kappa shape index (κ3) is 54.5. The van der Waals surface area contributed by atoms with Crippen LogP contribution in [-0.4, -0.2) is 74.9 Å². The number of carbonyl (C=O) groups excluding carboxylic acids is 2. The SMILES string of the molecule is CC/C=C\C/C=C\C/C=C\C/C=C\C/C=C\C/C=C\C/C=C\CCCCCCCC(=O)OC(COC(=O)CCCCCCCCCCCCCCCCCCCCC)COP(=O)(O)OCC[N+](C)(C)C. The van der Waals surface area contributed by atoms with Crippen molar-refractivity contribution in [2.24, 2.45) is 0 Å². The Bertz CT molecular complexity index is 1460. The predicted octanol–water partition coefficient (Wildman–Crippen LogP) is 17.5. The molecule has 0 saturated heterocycles. The van der Waals surface area contributed by atoms with Crippen molar-refractivity contribution < 1.29 is 42.1 Å². The van der Waals surface area contributed by atoms with Gasteiger partial charge in [-0.05, 0) is 70.6 Å². The van der Waals surface area contributed by atoms with Gasteiger partial charge in [0, 0.05) is 12.8 Å². The number of allylic oxidation sites excluding steroid dienone is 14. The molecule has 0 radical (unpaired) electrons. The number of esters is 2. The van der Waals surface area contributed by atoms with Gasteiger partial charge in [0.1, 0.15) is 19.8 Å². The Balaban J connectivity index is 4.26. The number of unbranched alkanes of at least 4 members (excludes halogenated alkanes) is 23. The summed E-state index contributed by atoms with van der Waals surface area (Å²) in [7, 11) is 1.46. The summed E-state index contributed by atoms with van der Waals surface area (Å²) < 4.78 is 34.5. The van der Waals surface area contributed by atoms with Crippen LogP contribution in [0.3, 0.4) is 0 Å². The highest BCUT2D eigenvalue weighted by atomic mass is 31.2. The molecule has 70 heavy (non-hydrogen) atoms. The Labute approximate surface area is 431 Å². The smallest absolute Gasteiger partial charge is 0.462 e. The molecule has 0 amide bonds. The average molecular weight is 1000 g/mol. The van der Waals surface area contributed by atoms with Crippen LogP contribution in [0.1, 0.15) is 232 Å². The van der Waals surface area contributed by atoms with Gasteiger partial charge in [-0.2, -0.15) is 0 Å². The molecule has 2 atom stereocenters. The summed E-state index contributed by atoms with van der Waals surface area (Å²) in [5, 5.41) is 0. The lowest BCUT2D eigenvalue weighted by atomic mass is 10.0. The molecule has 2 unspecified atom stereocenters. The van der Waals surface area contributed by atoms with Gasteiger partial charge in [0.2, 0.25) is 0 Å². The van der Waals surface area contributed by atoms with Crippen molar-refractivity contribution in [1.82, 2.24) is 0 Å². The lowest BCUT2D eigenvalue weighted by Crippen LogP contribution is -2.37. The van der Waals surface area contributed by atoms with Crippen molar-refractivity contribution >= 4 is 19.8 Å². The summed E-state index contributed by atoms with van der Waals surface area (Å²) in [5.74, 6) is -0.817. The molecule has 0 aliphatic heterocycles. The maximum Gasteiger partial charge on any atom is 0.472 e. The molecule has 1 N–H and O–H groups in total. The van der Waals surface area contributed by atoms with Gasteiger partial charge in [-0.15, -0.1) is 0 Å². The van der Waals surface area contributed by atoms with E-state index in [0.29, 0.717) is 17.4 Å². The van der Waals surface area contributed by atoms with Crippen molar-refractivity contribution in [3.05, 3.63) is 85.1 Å². The van der Waals surface area contributed by atoms with Crippen LogP contribution in [0.4, 0.5) is 0 Å². The topological polar surface area (TPSA) is 108 Å². The van der Waals surface area contributed by atoms with Crippen molar-refractivity contribution in [1.29, 1.82) is 0 Å². The van der Waals surface area contributed by atoms with E-state index < -0.39 is 26.5 Å². The number of nitrogens with zero attached hydrogens (tertiary/aromatic N) is 1. The van der Waals surface area contributed by atoms with Gasteiger partial charge in [-0.3, -0.25) is 18.6 Å². The molecule has 0 fully saturated rings. The minimum absolute atomic E-state index is 0.0246. The number of carbonyl (C=O) groups is 2. The first-order chi connectivity index (χ1) is 34.0. The van der Waals surface area contributed by atoms with E-state index >= 15 is 0 Å². The highest BCUT2D eigenvalue weighted by Gasteiger charge is 2.27. The quantitative estimate of drug-likeness (QED) is 0.0211. The van der Waals surface area contributed by atoms with Crippen LogP contribution in [0.5, 0.6) is 0 Å². The first-order valence-corrected chi connectivity index (χ1v) is 29.8. The fraction of sp³-hybridized carbons (Fsp3) is 0.733. The van der Waals surface area contributed by atoms with Crippen molar-refractivity contribution in [3.63, 3.8) is 0 Å². The number of rotatable bonds is 51. The van der Waals surface area contributed by atoms with E-state index in [9.17, 15) is 19.0 Å². The van der Waals surface area contributed by atoms with Crippen molar-refractivity contribution in [3.8, 4) is 0 Å². The molecule has 0 bridgehead atoms. The first kappa shape index (κ1) is 67.2. The standard InChI is InChI=1S/C60H106NO8P/c1-6-8-10-12-14-16-18-20-22-24-26-27-28-29-30-31-32-33-35-37-39-41-43-45-47-49-51-53-60(63)69-58(57-68-70(64,65)67-55-54-61(3,4)5)56-66-59(62)52-50-48-46-44-42-40-38-36-34-25-23-21-19-17-15-13-11-9-7-2/h8,10,14,16,20,22,26-27,29-30,32-33,37,39,58H,6-7,9,11-13,15,17-19,21,23-25,28,31,34-36,38,40-57H2,1-5H3/p+1/b10-8-,16-14-,22-20-,27-26-,30-29-,33-32-,39-37-. The molecule has 0 aliphatic carbocycles. The number of hydrogen-bond acceptors (Lipinski definition) is 7. The predicted molar refractivity (Wildman–Crippen MR) is 298 cm³/mol. The maximum atomic E-state index is 12.8. The normalized spacial score (nSPS) is 14.0. The number of phosphoric acid groups is 1. The molecular formula is C60H107NO8P+. The number of likely N-dealkylation sites (N-methyl/N-ethyl adjacent to an activating group) is 1. The van der Waals surface area contributed by atoms with E-state index in [1.54, 1.807) is 0 Å². The fourth-order valence-corrected chi connectivity index (χ4v) is 8.33. The zero-order chi connectivity index (χ0) is 51.3. The van der Waals surface area contributed by atoms with Crippen molar-refractivity contribution in [2.45, 2.75) is 238 Å². The van der Waals surface area contributed by atoms with Gasteiger partial charge in [-0.1, -0.05) is 234 Å². The first-order valence-electron chi connectivity index (χ1n) is 28.3. The largest absolute Gasteiger partial charge is 0.472 e. The summed E-state index contributed by atoms with van der Waals surface area (Å²) in [6.07, 6.45) is 67.8. The summed E-state index contributed by atoms with van der Waals surface area (Å²) >= 11 is 0. The molecule has 0 saturated carbocycles. The molecule has 0 aromatic carbocycles. The highest BCUT2D eigenvalue weighted by molar-refractivity contribution is 7.47. The van der Waals surface area contributed by atoms with E-state index in [1.807, 2.05) is 21.1 Å². The van der Waals surface area contributed by atoms with Crippen molar-refractivity contribution in [2.75, 3.05) is 47.5 Å². The Morgan fingerprint density at radius 3 is 1.21 bits per heavy atom. The summed E-state index contributed by atoms with van der Waals surface area (Å²) in [4.78, 5) is 35.7. The molecule has 404 valence electrons. The highest BCUT2D eigenvalue weighted by Crippen LogP contribution is 2.43. The second-order valence-corrected chi connectivity index (χ2v) is 21.4. The van der Waals surface area contributed by atoms with Crippen LogP contribution in [-0.2, 0) is 32.7 Å². The van der Waals surface area contributed by atoms with Crippen LogP contribution >= 0.6 is 7.82 Å². The molecular weight excluding hydrogens is 894 g/mol. The molecule has 0 heterocycles. The Kier molecular flexibility index (Phi) is 49.1. The molecule has 0 aliphatic rings. The van der Waals surface area contributed by atoms with Gasteiger partial charge < -0.3 is 18.9 Å². The number of quaternary nitrogens is 1. The van der Waals surface area contributed by atoms with E-state index in [-0.39, 0.29) is 32.0 Å². The Morgan fingerprint density at radius 1 is 0.457 bits per heavy atom. The summed E-state index contributed by atoms with van der Waals surface area (Å²) in [5.41, 5.74) is 0. The van der Waals surface area contributed by atoms with Crippen LogP contribution in [0.2, 0.25) is 0 Å². The van der Waals surface area contributed by atoms with E-state index in [0.717, 1.165) is 96.3 Å². The zero-order valence-electron chi connectivity index (χ0n) is 45.7. The van der Waals surface area contributed by atoms with Crippen LogP contribution in [0, 0.1) is 0 Å². The Morgan fingerprint density at radius 2 is 0.814 bits per heavy atom. The van der Waals surface area contributed by atoms with E-state index in [2.05, 4.69) is 98.9 Å². The molecule has 0 rings (SSSR count).